The van der Waals surface area contributed by atoms with Gasteiger partial charge in [-0.2, -0.15) is 0 Å². The summed E-state index contributed by atoms with van der Waals surface area (Å²) in [6.07, 6.45) is 0. The predicted octanol–water partition coefficient (Wildman–Crippen LogP) is 2.59. The minimum Gasteiger partial charge on any atom is -0.398 e. The van der Waals surface area contributed by atoms with Gasteiger partial charge in [0.25, 0.3) is 5.91 Å². The van der Waals surface area contributed by atoms with Crippen LogP contribution >= 0.6 is 0 Å². The first-order chi connectivity index (χ1) is 8.36. The first-order valence-electron chi connectivity index (χ1n) is 5.55. The van der Waals surface area contributed by atoms with E-state index in [1.54, 1.807) is 13.8 Å². The van der Waals surface area contributed by atoms with Gasteiger partial charge in [-0.05, 0) is 19.9 Å². The van der Waals surface area contributed by atoms with Crippen LogP contribution in [0.25, 0.3) is 0 Å². The highest BCUT2D eigenvalue weighted by atomic mass is 19.2. The fourth-order valence-electron chi connectivity index (χ4n) is 1.57. The van der Waals surface area contributed by atoms with Gasteiger partial charge in [0.05, 0.1) is 5.56 Å². The Bertz CT molecular complexity index is 486. The molecule has 2 N–H and O–H groups in total. The summed E-state index contributed by atoms with van der Waals surface area (Å²) >= 11 is 0. The van der Waals surface area contributed by atoms with Crippen molar-refractivity contribution in [3.63, 3.8) is 0 Å². The summed E-state index contributed by atoms with van der Waals surface area (Å²) < 4.78 is 26.1. The van der Waals surface area contributed by atoms with E-state index in [9.17, 15) is 13.6 Å². The minimum absolute atomic E-state index is 0.0306. The van der Waals surface area contributed by atoms with E-state index in [2.05, 4.69) is 6.58 Å². The van der Waals surface area contributed by atoms with E-state index in [0.717, 1.165) is 17.7 Å². The standard InChI is InChI=1S/C13H16F2N2O/c1-4-17(7-8(2)3)13(18)9-5-10(14)11(15)6-12(9)16/h5-6H,2,4,7,16H2,1,3H3. The van der Waals surface area contributed by atoms with Crippen LogP contribution in [0.2, 0.25) is 0 Å². The second-order valence-electron chi connectivity index (χ2n) is 4.13. The molecule has 0 heterocycles. The summed E-state index contributed by atoms with van der Waals surface area (Å²) in [6.45, 7) is 8.07. The minimum atomic E-state index is -1.08. The Morgan fingerprint density at radius 1 is 1.39 bits per heavy atom. The molecule has 3 nitrogen and oxygen atoms in total. The van der Waals surface area contributed by atoms with Crippen molar-refractivity contribution in [3.8, 4) is 0 Å². The van der Waals surface area contributed by atoms with Gasteiger partial charge in [0, 0.05) is 24.8 Å². The average Bonchev–Trinajstić information content (AvgIpc) is 2.29. The monoisotopic (exact) mass is 254 g/mol. The number of halogens is 2. The molecule has 0 radical (unpaired) electrons. The van der Waals surface area contributed by atoms with E-state index in [4.69, 9.17) is 5.73 Å². The van der Waals surface area contributed by atoms with Crippen molar-refractivity contribution in [1.29, 1.82) is 0 Å². The van der Waals surface area contributed by atoms with Gasteiger partial charge < -0.3 is 10.6 Å². The lowest BCUT2D eigenvalue weighted by Crippen LogP contribution is -2.32. The molecule has 0 aliphatic heterocycles. The molecule has 0 spiro atoms. The van der Waals surface area contributed by atoms with Gasteiger partial charge in [-0.25, -0.2) is 8.78 Å². The maximum absolute atomic E-state index is 13.1. The number of hydrogen-bond donors (Lipinski definition) is 1. The van der Waals surface area contributed by atoms with Crippen molar-refractivity contribution in [3.05, 3.63) is 41.5 Å². The average molecular weight is 254 g/mol. The van der Waals surface area contributed by atoms with Gasteiger partial charge >= 0.3 is 0 Å². The number of amides is 1. The molecule has 18 heavy (non-hydrogen) atoms. The number of nitrogens with zero attached hydrogens (tertiary/aromatic N) is 1. The summed E-state index contributed by atoms with van der Waals surface area (Å²) in [6, 6.07) is 1.64. The largest absolute Gasteiger partial charge is 0.398 e. The highest BCUT2D eigenvalue weighted by Crippen LogP contribution is 2.19. The van der Waals surface area contributed by atoms with Gasteiger partial charge in [-0.1, -0.05) is 12.2 Å². The molecular weight excluding hydrogens is 238 g/mol. The third-order valence-corrected chi connectivity index (χ3v) is 2.45. The second-order valence-corrected chi connectivity index (χ2v) is 4.13. The van der Waals surface area contributed by atoms with E-state index in [1.807, 2.05) is 0 Å². The Morgan fingerprint density at radius 2 is 1.94 bits per heavy atom. The highest BCUT2D eigenvalue weighted by Gasteiger charge is 2.19. The summed E-state index contributed by atoms with van der Waals surface area (Å²) in [5.74, 6) is -2.58. The second kappa shape index (κ2) is 5.62. The molecule has 0 fully saturated rings. The Kier molecular flexibility index (Phi) is 4.42. The molecule has 1 aromatic rings. The van der Waals surface area contributed by atoms with E-state index in [0.29, 0.717) is 13.1 Å². The van der Waals surface area contributed by atoms with Crippen molar-refractivity contribution in [1.82, 2.24) is 4.90 Å². The number of rotatable bonds is 4. The zero-order valence-electron chi connectivity index (χ0n) is 10.5. The molecule has 5 heteroatoms. The Balaban J connectivity index is 3.09. The first kappa shape index (κ1) is 14.2. The number of likely N-dealkylation sites (N-methyl/N-ethyl adjacent to an activating group) is 1. The molecular formula is C13H16F2N2O. The summed E-state index contributed by atoms with van der Waals surface area (Å²) in [7, 11) is 0. The molecule has 0 saturated heterocycles. The topological polar surface area (TPSA) is 46.3 Å². The lowest BCUT2D eigenvalue weighted by atomic mass is 10.1. The molecule has 0 aliphatic rings. The fraction of sp³-hybridized carbons (Fsp3) is 0.308. The molecule has 0 atom stereocenters. The maximum atomic E-state index is 13.1. The number of nitrogens with two attached hydrogens (primary N) is 1. The van der Waals surface area contributed by atoms with Crippen molar-refractivity contribution in [2.75, 3.05) is 18.8 Å². The predicted molar refractivity (Wildman–Crippen MR) is 67.2 cm³/mol. The number of benzene rings is 1. The Labute approximate surface area is 105 Å². The molecule has 0 bridgehead atoms. The van der Waals surface area contributed by atoms with Gasteiger partial charge in [0.1, 0.15) is 0 Å². The van der Waals surface area contributed by atoms with Gasteiger partial charge in [-0.15, -0.1) is 0 Å². The molecule has 1 rings (SSSR count). The normalized spacial score (nSPS) is 10.2. The Hall–Kier alpha value is -1.91. The van der Waals surface area contributed by atoms with Crippen LogP contribution in [0.1, 0.15) is 24.2 Å². The van der Waals surface area contributed by atoms with Crippen LogP contribution in [-0.2, 0) is 0 Å². The maximum Gasteiger partial charge on any atom is 0.256 e. The molecule has 0 unspecified atom stereocenters. The third kappa shape index (κ3) is 3.06. The van der Waals surface area contributed by atoms with E-state index in [-0.39, 0.29) is 11.3 Å². The van der Waals surface area contributed by atoms with Crippen molar-refractivity contribution < 1.29 is 13.6 Å². The molecule has 0 aromatic heterocycles. The van der Waals surface area contributed by atoms with Gasteiger partial charge in [0.2, 0.25) is 0 Å². The third-order valence-electron chi connectivity index (χ3n) is 2.45. The molecule has 98 valence electrons. The summed E-state index contributed by atoms with van der Waals surface area (Å²) in [5, 5.41) is 0. The quantitative estimate of drug-likeness (QED) is 0.663. The zero-order chi connectivity index (χ0) is 13.9. The summed E-state index contributed by atoms with van der Waals surface area (Å²) in [5.41, 5.74) is 6.23. The van der Waals surface area contributed by atoms with Crippen LogP contribution in [0.4, 0.5) is 14.5 Å². The number of anilines is 1. The van der Waals surface area contributed by atoms with E-state index < -0.39 is 17.5 Å². The number of carbonyl (C=O) groups is 1. The lowest BCUT2D eigenvalue weighted by Gasteiger charge is -2.21. The SMILES string of the molecule is C=C(C)CN(CC)C(=O)c1cc(F)c(F)cc1N. The fourth-order valence-corrected chi connectivity index (χ4v) is 1.57. The zero-order valence-corrected chi connectivity index (χ0v) is 10.5. The van der Waals surface area contributed by atoms with Crippen molar-refractivity contribution >= 4 is 11.6 Å². The lowest BCUT2D eigenvalue weighted by molar-refractivity contribution is 0.0779. The van der Waals surface area contributed by atoms with Crippen LogP contribution in [0.3, 0.4) is 0 Å². The smallest absolute Gasteiger partial charge is 0.256 e. The molecule has 1 amide bonds. The number of hydrogen-bond acceptors (Lipinski definition) is 2. The van der Waals surface area contributed by atoms with Crippen LogP contribution in [-0.4, -0.2) is 23.9 Å². The number of carbonyl (C=O) groups excluding carboxylic acids is 1. The van der Waals surface area contributed by atoms with Crippen molar-refractivity contribution in [2.24, 2.45) is 0 Å². The summed E-state index contributed by atoms with van der Waals surface area (Å²) in [4.78, 5) is 13.6. The van der Waals surface area contributed by atoms with E-state index >= 15 is 0 Å². The van der Waals surface area contributed by atoms with Crippen LogP contribution < -0.4 is 5.73 Å². The van der Waals surface area contributed by atoms with Gasteiger partial charge in [0.15, 0.2) is 11.6 Å². The van der Waals surface area contributed by atoms with Gasteiger partial charge in [-0.3, -0.25) is 4.79 Å². The molecule has 1 aromatic carbocycles. The first-order valence-corrected chi connectivity index (χ1v) is 5.55. The molecule has 0 aliphatic carbocycles. The van der Waals surface area contributed by atoms with Crippen LogP contribution in [0.15, 0.2) is 24.3 Å². The van der Waals surface area contributed by atoms with Crippen LogP contribution in [0, 0.1) is 11.6 Å². The number of nitrogen functional groups attached to an aromatic ring is 1. The molecule has 0 saturated carbocycles. The van der Waals surface area contributed by atoms with Crippen molar-refractivity contribution in [2.45, 2.75) is 13.8 Å². The highest BCUT2D eigenvalue weighted by molar-refractivity contribution is 5.99. The van der Waals surface area contributed by atoms with Crippen LogP contribution in [0.5, 0.6) is 0 Å². The Morgan fingerprint density at radius 3 is 2.44 bits per heavy atom. The van der Waals surface area contributed by atoms with E-state index in [1.165, 1.54) is 4.90 Å².